The molecule has 0 aliphatic heterocycles. The Bertz CT molecular complexity index is 686. The first-order chi connectivity index (χ1) is 9.90. The Morgan fingerprint density at radius 2 is 1.86 bits per heavy atom. The molecule has 1 N–H and O–H groups in total. The molecule has 2 aromatic rings. The van der Waals surface area contributed by atoms with Gasteiger partial charge >= 0.3 is 0 Å². The third kappa shape index (κ3) is 3.34. The standard InChI is InChI=1S/C16H17ClN2O2/c1-10-9-16(19(20)21)11(2)8-15(10)18-12(3)13-6-4-5-7-14(13)17/h4-9,12,18H,1-3H3. The second-order valence-corrected chi connectivity index (χ2v) is 5.51. The number of rotatable bonds is 4. The Hall–Kier alpha value is -2.07. The predicted octanol–water partition coefficient (Wildman–Crippen LogP) is 5.04. The highest BCUT2D eigenvalue weighted by atomic mass is 35.5. The molecule has 0 saturated heterocycles. The number of aryl methyl sites for hydroxylation is 2. The van der Waals surface area contributed by atoms with Gasteiger partial charge in [0, 0.05) is 28.4 Å². The summed E-state index contributed by atoms with van der Waals surface area (Å²) in [6.45, 7) is 5.61. The zero-order valence-electron chi connectivity index (χ0n) is 12.2. The molecule has 0 aromatic heterocycles. The molecule has 0 aliphatic rings. The lowest BCUT2D eigenvalue weighted by atomic mass is 10.1. The molecule has 2 rings (SSSR count). The van der Waals surface area contributed by atoms with Crippen molar-refractivity contribution in [3.63, 3.8) is 0 Å². The van der Waals surface area contributed by atoms with E-state index in [4.69, 9.17) is 11.6 Å². The van der Waals surface area contributed by atoms with E-state index in [9.17, 15) is 10.1 Å². The van der Waals surface area contributed by atoms with Gasteiger partial charge in [-0.1, -0.05) is 29.8 Å². The second-order valence-electron chi connectivity index (χ2n) is 5.10. The van der Waals surface area contributed by atoms with Crippen molar-refractivity contribution in [2.45, 2.75) is 26.8 Å². The average Bonchev–Trinajstić information content (AvgIpc) is 2.42. The van der Waals surface area contributed by atoms with Crippen molar-refractivity contribution in [3.8, 4) is 0 Å². The molecule has 0 spiro atoms. The molecule has 0 saturated carbocycles. The maximum Gasteiger partial charge on any atom is 0.272 e. The topological polar surface area (TPSA) is 55.2 Å². The van der Waals surface area contributed by atoms with E-state index >= 15 is 0 Å². The Labute approximate surface area is 128 Å². The molecule has 1 atom stereocenters. The molecule has 0 heterocycles. The fraction of sp³-hybridized carbons (Fsp3) is 0.250. The molecular weight excluding hydrogens is 288 g/mol. The highest BCUT2D eigenvalue weighted by molar-refractivity contribution is 6.31. The smallest absolute Gasteiger partial charge is 0.272 e. The van der Waals surface area contributed by atoms with E-state index in [-0.39, 0.29) is 16.7 Å². The van der Waals surface area contributed by atoms with Gasteiger partial charge in [-0.2, -0.15) is 0 Å². The number of nitro groups is 1. The molecule has 2 aromatic carbocycles. The van der Waals surface area contributed by atoms with Crippen LogP contribution in [0.5, 0.6) is 0 Å². The van der Waals surface area contributed by atoms with Crippen molar-refractivity contribution in [1.29, 1.82) is 0 Å². The van der Waals surface area contributed by atoms with Gasteiger partial charge < -0.3 is 5.32 Å². The molecule has 0 aliphatic carbocycles. The monoisotopic (exact) mass is 304 g/mol. The lowest BCUT2D eigenvalue weighted by Gasteiger charge is -2.19. The minimum absolute atomic E-state index is 0.0123. The van der Waals surface area contributed by atoms with Crippen molar-refractivity contribution >= 4 is 23.0 Å². The van der Waals surface area contributed by atoms with Gasteiger partial charge in [0.25, 0.3) is 5.69 Å². The first-order valence-corrected chi connectivity index (χ1v) is 7.04. The van der Waals surface area contributed by atoms with E-state index in [1.807, 2.05) is 38.1 Å². The summed E-state index contributed by atoms with van der Waals surface area (Å²) in [5.41, 5.74) is 3.49. The fourth-order valence-corrected chi connectivity index (χ4v) is 2.59. The van der Waals surface area contributed by atoms with Gasteiger partial charge in [-0.15, -0.1) is 0 Å². The van der Waals surface area contributed by atoms with Crippen LogP contribution >= 0.6 is 11.6 Å². The number of nitro benzene ring substituents is 1. The van der Waals surface area contributed by atoms with Crippen LogP contribution in [0.25, 0.3) is 0 Å². The highest BCUT2D eigenvalue weighted by Crippen LogP contribution is 2.30. The number of nitrogens with zero attached hydrogens (tertiary/aromatic N) is 1. The first-order valence-electron chi connectivity index (χ1n) is 6.66. The fourth-order valence-electron chi connectivity index (χ4n) is 2.29. The number of hydrogen-bond acceptors (Lipinski definition) is 3. The number of nitrogens with one attached hydrogen (secondary N) is 1. The molecule has 0 radical (unpaired) electrons. The minimum Gasteiger partial charge on any atom is -0.378 e. The van der Waals surface area contributed by atoms with Gasteiger partial charge in [0.2, 0.25) is 0 Å². The molecule has 1 unspecified atom stereocenters. The quantitative estimate of drug-likeness (QED) is 0.636. The van der Waals surface area contributed by atoms with E-state index in [2.05, 4.69) is 5.32 Å². The van der Waals surface area contributed by atoms with Crippen LogP contribution in [0.1, 0.15) is 29.7 Å². The second kappa shape index (κ2) is 6.14. The van der Waals surface area contributed by atoms with Crippen molar-refractivity contribution in [2.75, 3.05) is 5.32 Å². The van der Waals surface area contributed by atoms with Crippen molar-refractivity contribution in [3.05, 3.63) is 68.2 Å². The van der Waals surface area contributed by atoms with Gasteiger partial charge in [-0.3, -0.25) is 10.1 Å². The maximum absolute atomic E-state index is 10.9. The van der Waals surface area contributed by atoms with Gasteiger partial charge in [-0.25, -0.2) is 0 Å². The summed E-state index contributed by atoms with van der Waals surface area (Å²) in [7, 11) is 0. The van der Waals surface area contributed by atoms with Crippen LogP contribution in [-0.2, 0) is 0 Å². The molecule has 21 heavy (non-hydrogen) atoms. The third-order valence-corrected chi connectivity index (χ3v) is 3.83. The number of halogens is 1. The van der Waals surface area contributed by atoms with Gasteiger partial charge in [0.05, 0.1) is 4.92 Å². The van der Waals surface area contributed by atoms with Gasteiger partial charge in [-0.05, 0) is 44.0 Å². The number of anilines is 1. The van der Waals surface area contributed by atoms with Crippen molar-refractivity contribution in [2.24, 2.45) is 0 Å². The summed E-state index contributed by atoms with van der Waals surface area (Å²) in [5.74, 6) is 0. The SMILES string of the molecule is Cc1cc([N+](=O)[O-])c(C)cc1NC(C)c1ccccc1Cl. The summed E-state index contributed by atoms with van der Waals surface area (Å²) in [5, 5.41) is 15.0. The van der Waals surface area contributed by atoms with E-state index in [1.165, 1.54) is 0 Å². The van der Waals surface area contributed by atoms with Crippen molar-refractivity contribution in [1.82, 2.24) is 0 Å². The summed E-state index contributed by atoms with van der Waals surface area (Å²) in [6, 6.07) is 11.1. The average molecular weight is 305 g/mol. The number of hydrogen-bond donors (Lipinski definition) is 1. The predicted molar refractivity (Wildman–Crippen MR) is 86.1 cm³/mol. The maximum atomic E-state index is 10.9. The Morgan fingerprint density at radius 1 is 1.19 bits per heavy atom. The molecular formula is C16H17ClN2O2. The lowest BCUT2D eigenvalue weighted by Crippen LogP contribution is -2.09. The summed E-state index contributed by atoms with van der Waals surface area (Å²) in [4.78, 5) is 10.6. The van der Waals surface area contributed by atoms with E-state index in [0.29, 0.717) is 10.6 Å². The van der Waals surface area contributed by atoms with E-state index in [1.54, 1.807) is 19.1 Å². The zero-order chi connectivity index (χ0) is 15.6. The van der Waals surface area contributed by atoms with E-state index in [0.717, 1.165) is 16.8 Å². The molecule has 5 heteroatoms. The third-order valence-electron chi connectivity index (χ3n) is 3.48. The normalized spacial score (nSPS) is 12.0. The molecule has 110 valence electrons. The van der Waals surface area contributed by atoms with Gasteiger partial charge in [0.1, 0.15) is 0 Å². The van der Waals surface area contributed by atoms with Crippen LogP contribution in [0, 0.1) is 24.0 Å². The lowest BCUT2D eigenvalue weighted by molar-refractivity contribution is -0.385. The molecule has 0 bridgehead atoms. The largest absolute Gasteiger partial charge is 0.378 e. The van der Waals surface area contributed by atoms with Crippen LogP contribution < -0.4 is 5.32 Å². The first kappa shape index (κ1) is 15.3. The number of benzene rings is 2. The van der Waals surface area contributed by atoms with Crippen LogP contribution in [0.3, 0.4) is 0 Å². The molecule has 0 fully saturated rings. The Morgan fingerprint density at radius 3 is 2.48 bits per heavy atom. The molecule has 4 nitrogen and oxygen atoms in total. The molecule has 0 amide bonds. The summed E-state index contributed by atoms with van der Waals surface area (Å²) in [6.07, 6.45) is 0. The van der Waals surface area contributed by atoms with Crippen LogP contribution in [0.15, 0.2) is 36.4 Å². The van der Waals surface area contributed by atoms with Gasteiger partial charge in [0.15, 0.2) is 0 Å². The van der Waals surface area contributed by atoms with E-state index < -0.39 is 0 Å². The Balaban J connectivity index is 2.30. The minimum atomic E-state index is -0.358. The Kier molecular flexibility index (Phi) is 4.48. The van der Waals surface area contributed by atoms with Crippen molar-refractivity contribution < 1.29 is 4.92 Å². The summed E-state index contributed by atoms with van der Waals surface area (Å²) >= 11 is 6.19. The summed E-state index contributed by atoms with van der Waals surface area (Å²) < 4.78 is 0. The van der Waals surface area contributed by atoms with Crippen LogP contribution in [-0.4, -0.2) is 4.92 Å². The van der Waals surface area contributed by atoms with Crippen LogP contribution in [0.4, 0.5) is 11.4 Å². The van der Waals surface area contributed by atoms with Crippen LogP contribution in [0.2, 0.25) is 5.02 Å². The highest BCUT2D eigenvalue weighted by Gasteiger charge is 2.15. The zero-order valence-corrected chi connectivity index (χ0v) is 12.9.